The Labute approximate surface area is 177 Å². The van der Waals surface area contributed by atoms with Crippen molar-refractivity contribution in [1.82, 2.24) is 10.2 Å². The summed E-state index contributed by atoms with van der Waals surface area (Å²) >= 11 is 0. The zero-order chi connectivity index (χ0) is 20.9. The van der Waals surface area contributed by atoms with E-state index in [1.54, 1.807) is 17.0 Å². The van der Waals surface area contributed by atoms with E-state index in [0.717, 1.165) is 23.7 Å². The minimum absolute atomic E-state index is 0.0111. The molecule has 4 rings (SSSR count). The van der Waals surface area contributed by atoms with Crippen LogP contribution in [0.15, 0.2) is 36.4 Å². The zero-order valence-corrected chi connectivity index (χ0v) is 17.4. The maximum absolute atomic E-state index is 12.9. The minimum atomic E-state index is -0.269. The summed E-state index contributed by atoms with van der Waals surface area (Å²) in [7, 11) is 0. The Balaban J connectivity index is 1.24. The van der Waals surface area contributed by atoms with Gasteiger partial charge in [-0.15, -0.1) is 0 Å². The standard InChI is InChI=1S/C24H29N3O3/c28-21(25-13-7-16-26-14-2-1-3-15-26)12-6-17-27-23(29)19-10-4-8-18-9-5-11-20(22(18)19)24(27)30/h4-5,8-11H,1-3,6-7,12-17H2,(H,25,28)/p+1. The fourth-order valence-electron chi connectivity index (χ4n) is 4.64. The Morgan fingerprint density at radius 3 is 2.27 bits per heavy atom. The molecule has 2 N–H and O–H groups in total. The first kappa shape index (κ1) is 20.5. The first-order chi connectivity index (χ1) is 14.6. The molecule has 158 valence electrons. The Morgan fingerprint density at radius 2 is 1.60 bits per heavy atom. The van der Waals surface area contributed by atoms with E-state index in [-0.39, 0.29) is 24.3 Å². The highest BCUT2D eigenvalue weighted by molar-refractivity contribution is 6.25. The number of hydrogen-bond acceptors (Lipinski definition) is 3. The van der Waals surface area contributed by atoms with Gasteiger partial charge in [-0.25, -0.2) is 0 Å². The molecule has 30 heavy (non-hydrogen) atoms. The van der Waals surface area contributed by atoms with E-state index in [1.165, 1.54) is 37.3 Å². The van der Waals surface area contributed by atoms with Gasteiger partial charge in [-0.05, 0) is 43.2 Å². The summed E-state index contributed by atoms with van der Waals surface area (Å²) in [6.45, 7) is 4.57. The maximum Gasteiger partial charge on any atom is 0.261 e. The average Bonchev–Trinajstić information content (AvgIpc) is 2.78. The van der Waals surface area contributed by atoms with Crippen LogP contribution in [-0.2, 0) is 4.79 Å². The van der Waals surface area contributed by atoms with E-state index in [2.05, 4.69) is 5.32 Å². The Hall–Kier alpha value is -2.73. The van der Waals surface area contributed by atoms with Crippen molar-refractivity contribution in [3.8, 4) is 0 Å². The molecule has 0 unspecified atom stereocenters. The number of benzene rings is 2. The van der Waals surface area contributed by atoms with Gasteiger partial charge >= 0.3 is 0 Å². The first-order valence-electron chi connectivity index (χ1n) is 11.1. The number of quaternary nitrogens is 1. The smallest absolute Gasteiger partial charge is 0.261 e. The number of likely N-dealkylation sites (tertiary alicyclic amines) is 1. The van der Waals surface area contributed by atoms with Crippen molar-refractivity contribution in [3.05, 3.63) is 47.5 Å². The molecule has 2 aromatic carbocycles. The molecule has 6 nitrogen and oxygen atoms in total. The van der Waals surface area contributed by atoms with Crippen LogP contribution in [0.5, 0.6) is 0 Å². The van der Waals surface area contributed by atoms with Crippen LogP contribution in [0, 0.1) is 0 Å². The number of carbonyl (C=O) groups is 3. The van der Waals surface area contributed by atoms with Gasteiger partial charge in [-0.3, -0.25) is 19.3 Å². The molecule has 1 saturated heterocycles. The molecule has 0 spiro atoms. The number of amides is 3. The van der Waals surface area contributed by atoms with Crippen LogP contribution >= 0.6 is 0 Å². The molecule has 0 atom stereocenters. The number of piperidine rings is 1. The second-order valence-electron chi connectivity index (χ2n) is 8.34. The van der Waals surface area contributed by atoms with Gasteiger partial charge in [0.2, 0.25) is 5.91 Å². The molecule has 2 aliphatic rings. The zero-order valence-electron chi connectivity index (χ0n) is 17.4. The lowest BCUT2D eigenvalue weighted by Crippen LogP contribution is -3.12. The van der Waals surface area contributed by atoms with Crippen molar-refractivity contribution in [2.24, 2.45) is 0 Å². The van der Waals surface area contributed by atoms with Crippen LogP contribution in [0.25, 0.3) is 10.8 Å². The quantitative estimate of drug-likeness (QED) is 0.517. The number of hydrogen-bond donors (Lipinski definition) is 2. The highest BCUT2D eigenvalue weighted by atomic mass is 16.2. The summed E-state index contributed by atoms with van der Waals surface area (Å²) < 4.78 is 0. The van der Waals surface area contributed by atoms with Crippen LogP contribution in [0.4, 0.5) is 0 Å². The maximum atomic E-state index is 12.9. The van der Waals surface area contributed by atoms with Crippen LogP contribution in [0.3, 0.4) is 0 Å². The molecule has 2 aromatic rings. The topological polar surface area (TPSA) is 70.9 Å². The van der Waals surface area contributed by atoms with Crippen LogP contribution in [0.2, 0.25) is 0 Å². The predicted molar refractivity (Wildman–Crippen MR) is 116 cm³/mol. The lowest BCUT2D eigenvalue weighted by atomic mass is 9.94. The summed E-state index contributed by atoms with van der Waals surface area (Å²) in [6.07, 6.45) is 5.76. The second-order valence-corrected chi connectivity index (χ2v) is 8.34. The molecule has 0 saturated carbocycles. The molecule has 0 aromatic heterocycles. The predicted octanol–water partition coefficient (Wildman–Crippen LogP) is 1.79. The third-order valence-electron chi connectivity index (χ3n) is 6.23. The molecule has 2 heterocycles. The Kier molecular flexibility index (Phi) is 6.43. The summed E-state index contributed by atoms with van der Waals surface area (Å²) in [5.41, 5.74) is 1.12. The number of nitrogens with zero attached hydrogens (tertiary/aromatic N) is 1. The van der Waals surface area contributed by atoms with Gasteiger partial charge in [0.25, 0.3) is 11.8 Å². The molecule has 1 fully saturated rings. The van der Waals surface area contributed by atoms with Gasteiger partial charge in [0, 0.05) is 42.4 Å². The monoisotopic (exact) mass is 408 g/mol. The fourth-order valence-corrected chi connectivity index (χ4v) is 4.64. The summed E-state index contributed by atoms with van der Waals surface area (Å²) in [6, 6.07) is 11.0. The van der Waals surface area contributed by atoms with Gasteiger partial charge < -0.3 is 10.2 Å². The Morgan fingerprint density at radius 1 is 0.933 bits per heavy atom. The van der Waals surface area contributed by atoms with Crippen LogP contribution < -0.4 is 10.2 Å². The lowest BCUT2D eigenvalue weighted by molar-refractivity contribution is -0.904. The van der Waals surface area contributed by atoms with Crippen molar-refractivity contribution in [3.63, 3.8) is 0 Å². The molecule has 6 heteroatoms. The third-order valence-corrected chi connectivity index (χ3v) is 6.23. The van der Waals surface area contributed by atoms with Crippen LogP contribution in [-0.4, -0.2) is 55.3 Å². The Bertz CT molecular complexity index is 899. The molecule has 0 bridgehead atoms. The van der Waals surface area contributed by atoms with Crippen molar-refractivity contribution < 1.29 is 19.3 Å². The van der Waals surface area contributed by atoms with E-state index in [1.807, 2.05) is 24.3 Å². The average molecular weight is 409 g/mol. The second kappa shape index (κ2) is 9.39. The SMILES string of the molecule is O=C(CCCN1C(=O)c2cccc3cccc(c23)C1=O)NCCC[NH+]1CCCCC1. The third kappa shape index (κ3) is 4.38. The normalized spacial score (nSPS) is 16.9. The fraction of sp³-hybridized carbons (Fsp3) is 0.458. The number of imide groups is 1. The molecule has 2 aliphatic heterocycles. The van der Waals surface area contributed by atoms with Crippen molar-refractivity contribution in [1.29, 1.82) is 0 Å². The molecule has 3 amide bonds. The highest BCUT2D eigenvalue weighted by Gasteiger charge is 2.32. The molecule has 0 radical (unpaired) electrons. The molecule has 0 aliphatic carbocycles. The van der Waals surface area contributed by atoms with E-state index in [4.69, 9.17) is 0 Å². The van der Waals surface area contributed by atoms with Gasteiger partial charge in [0.15, 0.2) is 0 Å². The minimum Gasteiger partial charge on any atom is -0.356 e. The van der Waals surface area contributed by atoms with E-state index < -0.39 is 0 Å². The summed E-state index contributed by atoms with van der Waals surface area (Å²) in [5.74, 6) is -0.550. The van der Waals surface area contributed by atoms with Gasteiger partial charge in [0.05, 0.1) is 19.6 Å². The van der Waals surface area contributed by atoms with E-state index >= 15 is 0 Å². The van der Waals surface area contributed by atoms with Gasteiger partial charge in [0.1, 0.15) is 0 Å². The summed E-state index contributed by atoms with van der Waals surface area (Å²) in [5, 5.41) is 4.61. The number of carbonyl (C=O) groups excluding carboxylic acids is 3. The van der Waals surface area contributed by atoms with Crippen molar-refractivity contribution >= 4 is 28.5 Å². The molecular weight excluding hydrogens is 378 g/mol. The van der Waals surface area contributed by atoms with Gasteiger partial charge in [-0.2, -0.15) is 0 Å². The number of rotatable bonds is 8. The number of nitrogens with one attached hydrogen (secondary N) is 2. The first-order valence-corrected chi connectivity index (χ1v) is 11.1. The van der Waals surface area contributed by atoms with Crippen molar-refractivity contribution in [2.45, 2.75) is 38.5 Å². The van der Waals surface area contributed by atoms with Gasteiger partial charge in [-0.1, -0.05) is 24.3 Å². The molecular formula is C24H30N3O3+. The largest absolute Gasteiger partial charge is 0.356 e. The highest BCUT2D eigenvalue weighted by Crippen LogP contribution is 2.29. The van der Waals surface area contributed by atoms with Crippen molar-refractivity contribution in [2.75, 3.05) is 32.7 Å². The van der Waals surface area contributed by atoms with Crippen LogP contribution in [0.1, 0.15) is 59.2 Å². The van der Waals surface area contributed by atoms with E-state index in [0.29, 0.717) is 30.5 Å². The lowest BCUT2D eigenvalue weighted by Gasteiger charge is -2.27. The van der Waals surface area contributed by atoms with E-state index in [9.17, 15) is 14.4 Å². The summed E-state index contributed by atoms with van der Waals surface area (Å²) in [4.78, 5) is 40.8.